The predicted molar refractivity (Wildman–Crippen MR) is 70.7 cm³/mol. The molecule has 0 bridgehead atoms. The van der Waals surface area contributed by atoms with Gasteiger partial charge in [0.15, 0.2) is 0 Å². The van der Waals surface area contributed by atoms with Crippen molar-refractivity contribution in [3.8, 4) is 11.8 Å². The number of piperidine rings is 1. The highest BCUT2D eigenvalue weighted by Gasteiger charge is 2.25. The Labute approximate surface area is 117 Å². The molecule has 0 aromatic carbocycles. The Morgan fingerprint density at radius 3 is 2.75 bits per heavy atom. The van der Waals surface area contributed by atoms with E-state index in [0.29, 0.717) is 18.3 Å². The first-order valence-corrected chi connectivity index (χ1v) is 6.54. The first kappa shape index (κ1) is 14.5. The van der Waals surface area contributed by atoms with Crippen LogP contribution in [0.15, 0.2) is 12.1 Å². The van der Waals surface area contributed by atoms with Gasteiger partial charge in [-0.05, 0) is 12.8 Å². The number of ether oxygens (including phenoxy) is 3. The minimum atomic E-state index is -0.0627. The zero-order valence-electron chi connectivity index (χ0n) is 11.7. The van der Waals surface area contributed by atoms with Crippen LogP contribution in [0, 0.1) is 0 Å². The van der Waals surface area contributed by atoms with Crippen LogP contribution in [-0.2, 0) is 9.53 Å². The average molecular weight is 281 g/mol. The van der Waals surface area contributed by atoms with Crippen LogP contribution in [0.25, 0.3) is 0 Å². The molecule has 20 heavy (non-hydrogen) atoms. The van der Waals surface area contributed by atoms with E-state index < -0.39 is 0 Å². The fraction of sp³-hybridized carbons (Fsp3) is 0.615. The molecule has 1 amide bonds. The monoisotopic (exact) mass is 281 g/mol. The van der Waals surface area contributed by atoms with E-state index in [4.69, 9.17) is 14.2 Å². The van der Waals surface area contributed by atoms with Gasteiger partial charge in [0.05, 0.1) is 13.7 Å². The molecule has 0 spiro atoms. The summed E-state index contributed by atoms with van der Waals surface area (Å²) >= 11 is 0. The molecule has 7 nitrogen and oxygen atoms in total. The number of hydrogen-bond acceptors (Lipinski definition) is 6. The van der Waals surface area contributed by atoms with Crippen molar-refractivity contribution < 1.29 is 19.0 Å². The average Bonchev–Trinajstić information content (AvgIpc) is 2.48. The van der Waals surface area contributed by atoms with E-state index in [-0.39, 0.29) is 18.6 Å². The van der Waals surface area contributed by atoms with Gasteiger partial charge >= 0.3 is 0 Å². The van der Waals surface area contributed by atoms with Crippen LogP contribution in [0.1, 0.15) is 12.8 Å². The zero-order valence-corrected chi connectivity index (χ0v) is 11.7. The Kier molecular flexibility index (Phi) is 5.11. The second-order valence-electron chi connectivity index (χ2n) is 4.57. The lowest BCUT2D eigenvalue weighted by atomic mass is 10.1. The first-order chi connectivity index (χ1) is 9.72. The fourth-order valence-electron chi connectivity index (χ4n) is 2.13. The summed E-state index contributed by atoms with van der Waals surface area (Å²) in [6.45, 7) is 1.40. The SMILES string of the molecule is COCC(=O)N1CCCC(Oc2ccc(OC)nn2)C1. The van der Waals surface area contributed by atoms with Crippen LogP contribution in [0.3, 0.4) is 0 Å². The molecule has 1 aliphatic rings. The number of carbonyl (C=O) groups is 1. The van der Waals surface area contributed by atoms with E-state index in [2.05, 4.69) is 10.2 Å². The number of amides is 1. The molecule has 1 atom stereocenters. The van der Waals surface area contributed by atoms with E-state index in [1.54, 1.807) is 17.0 Å². The number of aromatic nitrogens is 2. The van der Waals surface area contributed by atoms with Crippen LogP contribution < -0.4 is 9.47 Å². The maximum atomic E-state index is 11.8. The predicted octanol–water partition coefficient (Wildman–Crippen LogP) is 0.501. The van der Waals surface area contributed by atoms with Crippen LogP contribution >= 0.6 is 0 Å². The molecular formula is C13H19N3O4. The lowest BCUT2D eigenvalue weighted by Crippen LogP contribution is -2.45. The summed E-state index contributed by atoms with van der Waals surface area (Å²) in [5.74, 6) is 0.872. The number of methoxy groups -OCH3 is 2. The molecule has 0 aliphatic carbocycles. The minimum absolute atomic E-state index is 0.0124. The van der Waals surface area contributed by atoms with Crippen molar-refractivity contribution in [1.29, 1.82) is 0 Å². The number of likely N-dealkylation sites (tertiary alicyclic amines) is 1. The van der Waals surface area contributed by atoms with Crippen LogP contribution in [0.5, 0.6) is 11.8 Å². The third-order valence-corrected chi connectivity index (χ3v) is 3.11. The normalized spacial score (nSPS) is 18.7. The topological polar surface area (TPSA) is 73.8 Å². The van der Waals surface area contributed by atoms with Crippen LogP contribution in [0.4, 0.5) is 0 Å². The molecule has 1 fully saturated rings. The first-order valence-electron chi connectivity index (χ1n) is 6.54. The number of rotatable bonds is 5. The fourth-order valence-corrected chi connectivity index (χ4v) is 2.13. The van der Waals surface area contributed by atoms with Crippen molar-refractivity contribution in [1.82, 2.24) is 15.1 Å². The van der Waals surface area contributed by atoms with Gasteiger partial charge in [-0.25, -0.2) is 0 Å². The molecule has 1 saturated heterocycles. The molecule has 2 heterocycles. The molecule has 1 aliphatic heterocycles. The Morgan fingerprint density at radius 1 is 1.35 bits per heavy atom. The molecule has 1 aromatic rings. The van der Waals surface area contributed by atoms with Crippen molar-refractivity contribution in [2.24, 2.45) is 0 Å². The Balaban J connectivity index is 1.90. The number of hydrogen-bond donors (Lipinski definition) is 0. The second kappa shape index (κ2) is 7.04. The summed E-state index contributed by atoms with van der Waals surface area (Å²) in [5.41, 5.74) is 0. The van der Waals surface area contributed by atoms with Crippen molar-refractivity contribution in [3.05, 3.63) is 12.1 Å². The molecule has 0 radical (unpaired) electrons. The van der Waals surface area contributed by atoms with Crippen LogP contribution in [0.2, 0.25) is 0 Å². The van der Waals surface area contributed by atoms with Gasteiger partial charge < -0.3 is 19.1 Å². The highest BCUT2D eigenvalue weighted by Crippen LogP contribution is 2.17. The van der Waals surface area contributed by atoms with Gasteiger partial charge in [0.2, 0.25) is 17.7 Å². The van der Waals surface area contributed by atoms with Crippen molar-refractivity contribution >= 4 is 5.91 Å². The summed E-state index contributed by atoms with van der Waals surface area (Å²) in [6.07, 6.45) is 1.74. The standard InChI is InChI=1S/C13H19N3O4/c1-18-9-13(17)16-7-3-4-10(8-16)20-12-6-5-11(19-2)14-15-12/h5-6,10H,3-4,7-9H2,1-2H3. The summed E-state index contributed by atoms with van der Waals surface area (Å²) < 4.78 is 15.6. The molecule has 1 aromatic heterocycles. The Bertz CT molecular complexity index is 438. The van der Waals surface area contributed by atoms with E-state index in [1.165, 1.54) is 14.2 Å². The second-order valence-corrected chi connectivity index (χ2v) is 4.57. The van der Waals surface area contributed by atoms with Crippen molar-refractivity contribution in [2.75, 3.05) is 33.9 Å². The largest absolute Gasteiger partial charge is 0.480 e. The molecule has 0 saturated carbocycles. The van der Waals surface area contributed by atoms with Gasteiger partial charge in [-0.3, -0.25) is 4.79 Å². The lowest BCUT2D eigenvalue weighted by molar-refractivity contribution is -0.137. The van der Waals surface area contributed by atoms with Gasteiger partial charge in [-0.1, -0.05) is 0 Å². The van der Waals surface area contributed by atoms with Gasteiger partial charge in [0.1, 0.15) is 12.7 Å². The summed E-state index contributed by atoms with van der Waals surface area (Å²) in [7, 11) is 3.05. The Morgan fingerprint density at radius 2 is 2.10 bits per heavy atom. The third-order valence-electron chi connectivity index (χ3n) is 3.11. The summed E-state index contributed by atoms with van der Waals surface area (Å²) in [4.78, 5) is 13.5. The molecule has 7 heteroatoms. The smallest absolute Gasteiger partial charge is 0.248 e. The Hall–Kier alpha value is -1.89. The van der Waals surface area contributed by atoms with E-state index in [1.807, 2.05) is 0 Å². The molecule has 110 valence electrons. The molecule has 2 rings (SSSR count). The summed E-state index contributed by atoms with van der Waals surface area (Å²) in [6, 6.07) is 3.40. The lowest BCUT2D eigenvalue weighted by Gasteiger charge is -2.32. The number of nitrogens with zero attached hydrogens (tertiary/aromatic N) is 3. The van der Waals surface area contributed by atoms with E-state index in [9.17, 15) is 4.79 Å². The third kappa shape index (κ3) is 3.80. The highest BCUT2D eigenvalue weighted by atomic mass is 16.5. The molecule has 1 unspecified atom stereocenters. The van der Waals surface area contributed by atoms with Gasteiger partial charge in [0.25, 0.3) is 0 Å². The van der Waals surface area contributed by atoms with Crippen molar-refractivity contribution in [2.45, 2.75) is 18.9 Å². The minimum Gasteiger partial charge on any atom is -0.480 e. The quantitative estimate of drug-likeness (QED) is 0.782. The van der Waals surface area contributed by atoms with Gasteiger partial charge in [-0.2, -0.15) is 0 Å². The van der Waals surface area contributed by atoms with E-state index in [0.717, 1.165) is 19.4 Å². The van der Waals surface area contributed by atoms with Crippen LogP contribution in [-0.4, -0.2) is 61.0 Å². The highest BCUT2D eigenvalue weighted by molar-refractivity contribution is 5.77. The maximum Gasteiger partial charge on any atom is 0.248 e. The zero-order chi connectivity index (χ0) is 14.4. The molecular weight excluding hydrogens is 262 g/mol. The van der Waals surface area contributed by atoms with Crippen molar-refractivity contribution in [3.63, 3.8) is 0 Å². The number of carbonyl (C=O) groups excluding carboxylic acids is 1. The van der Waals surface area contributed by atoms with Gasteiger partial charge in [0, 0.05) is 25.8 Å². The summed E-state index contributed by atoms with van der Waals surface area (Å²) in [5, 5.41) is 7.77. The van der Waals surface area contributed by atoms with Gasteiger partial charge in [-0.15, -0.1) is 10.2 Å². The van der Waals surface area contributed by atoms with E-state index >= 15 is 0 Å². The maximum absolute atomic E-state index is 11.8. The molecule has 0 N–H and O–H groups in total.